The molecule has 0 fully saturated rings. The standard InChI is InChI=1S/C9H11BrO2S.C7H6BrClO2S/c1-2-13(11,12)9-5-3-8(7-10)4-6-9;8-5-6-1-3-7(4-2-6)12(9,10)11/h3-6H,2,7H2,1H3;1-4H,5H2. The van der Waals surface area contributed by atoms with Crippen LogP contribution >= 0.6 is 42.5 Å². The van der Waals surface area contributed by atoms with Crippen molar-refractivity contribution >= 4 is 61.4 Å². The lowest BCUT2D eigenvalue weighted by Crippen LogP contribution is -2.03. The summed E-state index contributed by atoms with van der Waals surface area (Å²) in [5.41, 5.74) is 2.09. The van der Waals surface area contributed by atoms with Crippen LogP contribution in [-0.4, -0.2) is 22.6 Å². The molecular formula is C16H17Br2ClO4S2. The molecule has 4 nitrogen and oxygen atoms in total. The van der Waals surface area contributed by atoms with Crippen LogP contribution in [0.2, 0.25) is 0 Å². The number of benzene rings is 2. The van der Waals surface area contributed by atoms with Crippen molar-refractivity contribution in [2.75, 3.05) is 5.75 Å². The zero-order valence-corrected chi connectivity index (χ0v) is 18.9. The maximum absolute atomic E-state index is 11.4. The van der Waals surface area contributed by atoms with E-state index in [9.17, 15) is 16.8 Å². The van der Waals surface area contributed by atoms with Crippen LogP contribution in [0.15, 0.2) is 58.3 Å². The normalized spacial score (nSPS) is 11.5. The van der Waals surface area contributed by atoms with Crippen molar-refractivity contribution in [3.05, 3.63) is 59.7 Å². The van der Waals surface area contributed by atoms with Crippen LogP contribution in [0.25, 0.3) is 0 Å². The van der Waals surface area contributed by atoms with Gasteiger partial charge >= 0.3 is 0 Å². The maximum atomic E-state index is 11.4. The molecule has 0 radical (unpaired) electrons. The summed E-state index contributed by atoms with van der Waals surface area (Å²) in [6, 6.07) is 13.3. The summed E-state index contributed by atoms with van der Waals surface area (Å²) in [4.78, 5) is 0.536. The Morgan fingerprint density at radius 1 is 0.760 bits per heavy atom. The third-order valence-corrected chi connectivity index (χ3v) is 7.59. The average molecular weight is 533 g/mol. The molecule has 0 N–H and O–H groups in total. The SMILES string of the molecule is CCS(=O)(=O)c1ccc(CBr)cc1.O=S(=O)(Cl)c1ccc(CBr)cc1. The largest absolute Gasteiger partial charge is 0.261 e. The van der Waals surface area contributed by atoms with Gasteiger partial charge in [0.1, 0.15) is 0 Å². The zero-order valence-electron chi connectivity index (χ0n) is 13.3. The van der Waals surface area contributed by atoms with Crippen LogP contribution in [0.5, 0.6) is 0 Å². The summed E-state index contributed by atoms with van der Waals surface area (Å²) in [5.74, 6) is 0.153. The first kappa shape index (κ1) is 22.6. The molecule has 0 spiro atoms. The number of rotatable bonds is 5. The second kappa shape index (κ2) is 10.1. The van der Waals surface area contributed by atoms with Gasteiger partial charge in [0.25, 0.3) is 9.05 Å². The van der Waals surface area contributed by atoms with E-state index in [-0.39, 0.29) is 10.6 Å². The number of alkyl halides is 2. The minimum Gasteiger partial charge on any atom is -0.224 e. The fourth-order valence-electron chi connectivity index (χ4n) is 1.69. The number of hydrogen-bond acceptors (Lipinski definition) is 4. The van der Waals surface area contributed by atoms with Crippen molar-refractivity contribution in [3.8, 4) is 0 Å². The molecule has 0 saturated carbocycles. The monoisotopic (exact) mass is 530 g/mol. The van der Waals surface area contributed by atoms with E-state index in [0.29, 0.717) is 10.2 Å². The highest BCUT2D eigenvalue weighted by Crippen LogP contribution is 2.16. The van der Waals surface area contributed by atoms with Crippen LogP contribution in [-0.2, 0) is 29.5 Å². The number of halogens is 3. The van der Waals surface area contributed by atoms with E-state index in [1.807, 2.05) is 12.1 Å². The minimum atomic E-state index is -3.57. The lowest BCUT2D eigenvalue weighted by Gasteiger charge is -2.01. The van der Waals surface area contributed by atoms with E-state index >= 15 is 0 Å². The lowest BCUT2D eigenvalue weighted by atomic mass is 10.2. The fourth-order valence-corrected chi connectivity index (χ4v) is 4.10. The van der Waals surface area contributed by atoms with Gasteiger partial charge in [-0.2, -0.15) is 0 Å². The molecule has 9 heteroatoms. The van der Waals surface area contributed by atoms with E-state index in [4.69, 9.17) is 10.7 Å². The van der Waals surface area contributed by atoms with Gasteiger partial charge < -0.3 is 0 Å². The first-order chi connectivity index (χ1) is 11.6. The van der Waals surface area contributed by atoms with Gasteiger partial charge in [0.05, 0.1) is 15.5 Å². The van der Waals surface area contributed by atoms with Crippen molar-refractivity contribution in [1.82, 2.24) is 0 Å². The molecule has 0 amide bonds. The van der Waals surface area contributed by atoms with Crippen LogP contribution in [0.3, 0.4) is 0 Å². The van der Waals surface area contributed by atoms with Gasteiger partial charge in [-0.05, 0) is 35.4 Å². The van der Waals surface area contributed by atoms with Gasteiger partial charge in [0, 0.05) is 21.3 Å². The van der Waals surface area contributed by atoms with Gasteiger partial charge in [-0.15, -0.1) is 0 Å². The Morgan fingerprint density at radius 2 is 1.12 bits per heavy atom. The second-order valence-corrected chi connectivity index (χ2v) is 10.9. The molecule has 2 aromatic carbocycles. The predicted octanol–water partition coefficient (Wildman–Crippen LogP) is 4.88. The Hall–Kier alpha value is -0.410. The van der Waals surface area contributed by atoms with E-state index in [1.54, 1.807) is 31.2 Å². The molecule has 2 aromatic rings. The molecule has 0 saturated heterocycles. The third-order valence-electron chi connectivity index (χ3n) is 3.18. The molecule has 25 heavy (non-hydrogen) atoms. The van der Waals surface area contributed by atoms with Crippen LogP contribution in [0, 0.1) is 0 Å². The van der Waals surface area contributed by atoms with Crippen LogP contribution in [0.4, 0.5) is 0 Å². The molecule has 0 atom stereocenters. The van der Waals surface area contributed by atoms with Crippen molar-refractivity contribution in [3.63, 3.8) is 0 Å². The maximum Gasteiger partial charge on any atom is 0.261 e. The molecule has 0 aromatic heterocycles. The molecule has 0 bridgehead atoms. The number of hydrogen-bond donors (Lipinski definition) is 0. The molecule has 138 valence electrons. The van der Waals surface area contributed by atoms with Crippen molar-refractivity contribution in [2.45, 2.75) is 27.4 Å². The molecular weight excluding hydrogens is 516 g/mol. The Labute approximate surface area is 170 Å². The van der Waals surface area contributed by atoms with Gasteiger partial charge in [0.2, 0.25) is 0 Å². The van der Waals surface area contributed by atoms with E-state index in [1.165, 1.54) is 12.1 Å². The Balaban J connectivity index is 0.000000251. The van der Waals surface area contributed by atoms with Crippen molar-refractivity contribution in [1.29, 1.82) is 0 Å². The molecule has 0 aliphatic heterocycles. The quantitative estimate of drug-likeness (QED) is 0.407. The highest BCUT2D eigenvalue weighted by molar-refractivity contribution is 9.08. The summed E-state index contributed by atoms with van der Waals surface area (Å²) in [6.45, 7) is 1.65. The summed E-state index contributed by atoms with van der Waals surface area (Å²) < 4.78 is 44.4. The highest BCUT2D eigenvalue weighted by atomic mass is 79.9. The number of sulfone groups is 1. The summed E-state index contributed by atoms with van der Waals surface area (Å²) in [6.07, 6.45) is 0. The van der Waals surface area contributed by atoms with Gasteiger partial charge in [0.15, 0.2) is 9.84 Å². The molecule has 0 aliphatic carbocycles. The average Bonchev–Trinajstić information content (AvgIpc) is 2.61. The molecule has 0 aliphatic rings. The van der Waals surface area contributed by atoms with Gasteiger partial charge in [-0.3, -0.25) is 0 Å². The summed E-state index contributed by atoms with van der Waals surface area (Å²) in [5, 5.41) is 1.45. The lowest BCUT2D eigenvalue weighted by molar-refractivity contribution is 0.597. The fraction of sp³-hybridized carbons (Fsp3) is 0.250. The van der Waals surface area contributed by atoms with Crippen molar-refractivity contribution in [2.24, 2.45) is 0 Å². The van der Waals surface area contributed by atoms with E-state index in [2.05, 4.69) is 31.9 Å². The first-order valence-electron chi connectivity index (χ1n) is 7.11. The smallest absolute Gasteiger partial charge is 0.224 e. The predicted molar refractivity (Wildman–Crippen MR) is 109 cm³/mol. The molecule has 2 rings (SSSR count). The zero-order chi connectivity index (χ0) is 19.1. The van der Waals surface area contributed by atoms with Crippen LogP contribution < -0.4 is 0 Å². The molecule has 0 unspecified atom stereocenters. The van der Waals surface area contributed by atoms with Crippen molar-refractivity contribution < 1.29 is 16.8 Å². The van der Waals surface area contributed by atoms with Gasteiger partial charge in [-0.25, -0.2) is 16.8 Å². The first-order valence-corrected chi connectivity index (χ1v) is 13.3. The minimum absolute atomic E-state index is 0.133. The Bertz CT molecular complexity index is 879. The highest BCUT2D eigenvalue weighted by Gasteiger charge is 2.10. The topological polar surface area (TPSA) is 68.3 Å². The third kappa shape index (κ3) is 7.38. The second-order valence-electron chi connectivity index (χ2n) is 4.90. The van der Waals surface area contributed by atoms with Gasteiger partial charge in [-0.1, -0.05) is 63.0 Å². The Kier molecular flexibility index (Phi) is 9.11. The van der Waals surface area contributed by atoms with E-state index in [0.717, 1.165) is 16.5 Å². The summed E-state index contributed by atoms with van der Waals surface area (Å²) >= 11 is 6.55. The molecule has 0 heterocycles. The summed E-state index contributed by atoms with van der Waals surface area (Å²) in [7, 11) is -1.49. The Morgan fingerprint density at radius 3 is 1.40 bits per heavy atom. The van der Waals surface area contributed by atoms with E-state index < -0.39 is 18.9 Å². The van der Waals surface area contributed by atoms with Crippen LogP contribution in [0.1, 0.15) is 18.1 Å².